The van der Waals surface area contributed by atoms with Crippen LogP contribution in [-0.4, -0.2) is 12.5 Å². The van der Waals surface area contributed by atoms with Crippen molar-refractivity contribution in [3.05, 3.63) is 0 Å². The highest BCUT2D eigenvalue weighted by molar-refractivity contribution is 5.55. The van der Waals surface area contributed by atoms with Gasteiger partial charge in [-0.25, -0.2) is 4.39 Å². The second-order valence-corrected chi connectivity index (χ2v) is 2.85. The van der Waals surface area contributed by atoms with Gasteiger partial charge in [0.1, 0.15) is 0 Å². The molecule has 0 amide bonds. The van der Waals surface area contributed by atoms with Crippen molar-refractivity contribution in [2.75, 3.05) is 0 Å². The summed E-state index contributed by atoms with van der Waals surface area (Å²) in [6.45, 7) is 2.14. The van der Waals surface area contributed by atoms with E-state index in [9.17, 15) is 9.18 Å². The predicted molar refractivity (Wildman–Crippen MR) is 44.3 cm³/mol. The molecule has 0 aromatic carbocycles. The standard InChI is InChI=1S/C9H17FO/c1-2-3-4-5-6-7-9(10)8-11/h8-9H,2-7H2,1H3. The monoisotopic (exact) mass is 160 g/mol. The molecule has 0 aromatic rings. The molecule has 11 heavy (non-hydrogen) atoms. The van der Waals surface area contributed by atoms with Gasteiger partial charge in [0.15, 0.2) is 12.5 Å². The van der Waals surface area contributed by atoms with E-state index < -0.39 is 6.17 Å². The lowest BCUT2D eigenvalue weighted by molar-refractivity contribution is -0.112. The van der Waals surface area contributed by atoms with E-state index in [1.165, 1.54) is 19.3 Å². The first-order valence-corrected chi connectivity index (χ1v) is 4.40. The summed E-state index contributed by atoms with van der Waals surface area (Å²) in [6.07, 6.45) is 5.07. The van der Waals surface area contributed by atoms with Crippen molar-refractivity contribution < 1.29 is 9.18 Å². The van der Waals surface area contributed by atoms with E-state index in [1.54, 1.807) is 0 Å². The highest BCUT2D eigenvalue weighted by Gasteiger charge is 2.01. The number of rotatable bonds is 7. The van der Waals surface area contributed by atoms with Gasteiger partial charge in [0.25, 0.3) is 0 Å². The molecule has 0 bridgehead atoms. The van der Waals surface area contributed by atoms with Crippen LogP contribution in [0.4, 0.5) is 4.39 Å². The third kappa shape index (κ3) is 7.50. The molecule has 0 fully saturated rings. The van der Waals surface area contributed by atoms with Gasteiger partial charge >= 0.3 is 0 Å². The van der Waals surface area contributed by atoms with Gasteiger partial charge in [-0.15, -0.1) is 0 Å². The van der Waals surface area contributed by atoms with Crippen LogP contribution in [0.2, 0.25) is 0 Å². The van der Waals surface area contributed by atoms with Gasteiger partial charge in [-0.2, -0.15) is 0 Å². The number of carbonyl (C=O) groups excluding carboxylic acids is 1. The van der Waals surface area contributed by atoms with Crippen LogP contribution in [0.15, 0.2) is 0 Å². The summed E-state index contributed by atoms with van der Waals surface area (Å²) in [7, 11) is 0. The largest absolute Gasteiger partial charge is 0.300 e. The van der Waals surface area contributed by atoms with Crippen molar-refractivity contribution in [3.8, 4) is 0 Å². The van der Waals surface area contributed by atoms with Crippen molar-refractivity contribution in [1.82, 2.24) is 0 Å². The third-order valence-electron chi connectivity index (χ3n) is 1.73. The van der Waals surface area contributed by atoms with Gasteiger partial charge in [0.05, 0.1) is 0 Å². The van der Waals surface area contributed by atoms with E-state index >= 15 is 0 Å². The van der Waals surface area contributed by atoms with Gasteiger partial charge in [0, 0.05) is 0 Å². The van der Waals surface area contributed by atoms with E-state index in [4.69, 9.17) is 0 Å². The fourth-order valence-corrected chi connectivity index (χ4v) is 1.01. The van der Waals surface area contributed by atoms with Crippen LogP contribution < -0.4 is 0 Å². The molecule has 1 unspecified atom stereocenters. The summed E-state index contributed by atoms with van der Waals surface area (Å²) in [5, 5.41) is 0. The Balaban J connectivity index is 2.95. The average molecular weight is 160 g/mol. The second kappa shape index (κ2) is 7.70. The Morgan fingerprint density at radius 2 is 1.91 bits per heavy atom. The van der Waals surface area contributed by atoms with Crippen LogP contribution in [0.5, 0.6) is 0 Å². The summed E-state index contributed by atoms with van der Waals surface area (Å²) < 4.78 is 12.3. The maximum absolute atomic E-state index is 12.3. The molecule has 0 saturated heterocycles. The Bertz CT molecular complexity index is 93.6. The first-order valence-electron chi connectivity index (χ1n) is 4.40. The zero-order valence-electron chi connectivity index (χ0n) is 7.18. The highest BCUT2D eigenvalue weighted by Crippen LogP contribution is 2.07. The van der Waals surface area contributed by atoms with Crippen molar-refractivity contribution in [2.24, 2.45) is 0 Å². The van der Waals surface area contributed by atoms with Crippen LogP contribution in [0.3, 0.4) is 0 Å². The molecule has 0 rings (SSSR count). The van der Waals surface area contributed by atoms with E-state index in [2.05, 4.69) is 6.92 Å². The number of unbranched alkanes of at least 4 members (excludes halogenated alkanes) is 4. The summed E-state index contributed by atoms with van der Waals surface area (Å²) in [6, 6.07) is 0. The minimum absolute atomic E-state index is 0.389. The Morgan fingerprint density at radius 1 is 1.27 bits per heavy atom. The molecule has 2 heteroatoms. The molecule has 1 atom stereocenters. The predicted octanol–water partition coefficient (Wildman–Crippen LogP) is 2.88. The van der Waals surface area contributed by atoms with Gasteiger partial charge in [-0.05, 0) is 6.42 Å². The maximum atomic E-state index is 12.3. The molecule has 66 valence electrons. The molecule has 0 aliphatic carbocycles. The van der Waals surface area contributed by atoms with Gasteiger partial charge < -0.3 is 4.79 Å². The van der Waals surface area contributed by atoms with E-state index in [-0.39, 0.29) is 0 Å². The zero-order valence-corrected chi connectivity index (χ0v) is 7.18. The lowest BCUT2D eigenvalue weighted by Crippen LogP contribution is -2.00. The molecule has 0 heterocycles. The van der Waals surface area contributed by atoms with Crippen LogP contribution in [0.25, 0.3) is 0 Å². The Labute approximate surface area is 68.0 Å². The summed E-state index contributed by atoms with van der Waals surface area (Å²) >= 11 is 0. The zero-order chi connectivity index (χ0) is 8.53. The average Bonchev–Trinajstić information content (AvgIpc) is 2.04. The molecular weight excluding hydrogens is 143 g/mol. The molecule has 1 nitrogen and oxygen atoms in total. The number of carbonyl (C=O) groups is 1. The number of halogens is 1. The van der Waals surface area contributed by atoms with Crippen LogP contribution in [0, 0.1) is 0 Å². The Hall–Kier alpha value is -0.400. The summed E-state index contributed by atoms with van der Waals surface area (Å²) in [5.41, 5.74) is 0. The van der Waals surface area contributed by atoms with Crippen molar-refractivity contribution in [2.45, 2.75) is 51.6 Å². The minimum Gasteiger partial charge on any atom is -0.300 e. The maximum Gasteiger partial charge on any atom is 0.155 e. The van der Waals surface area contributed by atoms with Gasteiger partial charge in [0.2, 0.25) is 0 Å². The highest BCUT2D eigenvalue weighted by atomic mass is 19.1. The number of alkyl halides is 1. The first kappa shape index (κ1) is 10.6. The van der Waals surface area contributed by atoms with E-state index in [0.717, 1.165) is 12.8 Å². The van der Waals surface area contributed by atoms with Crippen molar-refractivity contribution in [1.29, 1.82) is 0 Å². The molecular formula is C9H17FO. The topological polar surface area (TPSA) is 17.1 Å². The molecule has 0 aromatic heterocycles. The van der Waals surface area contributed by atoms with E-state index in [0.29, 0.717) is 12.7 Å². The number of aldehydes is 1. The molecule has 0 aliphatic heterocycles. The fourth-order valence-electron chi connectivity index (χ4n) is 1.01. The SMILES string of the molecule is CCCCCCCC(F)C=O. The molecule has 0 N–H and O–H groups in total. The van der Waals surface area contributed by atoms with Crippen LogP contribution >= 0.6 is 0 Å². The minimum atomic E-state index is -1.23. The lowest BCUT2D eigenvalue weighted by atomic mass is 10.1. The third-order valence-corrected chi connectivity index (χ3v) is 1.73. The molecule has 0 spiro atoms. The van der Waals surface area contributed by atoms with Crippen molar-refractivity contribution in [3.63, 3.8) is 0 Å². The molecule has 0 saturated carbocycles. The molecule has 0 radical (unpaired) electrons. The smallest absolute Gasteiger partial charge is 0.155 e. The first-order chi connectivity index (χ1) is 5.31. The number of hydrogen-bond acceptors (Lipinski definition) is 1. The van der Waals surface area contributed by atoms with E-state index in [1.807, 2.05) is 0 Å². The summed E-state index contributed by atoms with van der Waals surface area (Å²) in [5.74, 6) is 0. The summed E-state index contributed by atoms with van der Waals surface area (Å²) in [4.78, 5) is 9.85. The Kier molecular flexibility index (Phi) is 7.42. The van der Waals surface area contributed by atoms with Crippen LogP contribution in [-0.2, 0) is 4.79 Å². The van der Waals surface area contributed by atoms with Crippen LogP contribution in [0.1, 0.15) is 45.4 Å². The molecule has 0 aliphatic rings. The Morgan fingerprint density at radius 3 is 2.45 bits per heavy atom. The fraction of sp³-hybridized carbons (Fsp3) is 0.889. The quantitative estimate of drug-likeness (QED) is 0.413. The van der Waals surface area contributed by atoms with Gasteiger partial charge in [-0.3, -0.25) is 0 Å². The lowest BCUT2D eigenvalue weighted by Gasteiger charge is -1.99. The van der Waals surface area contributed by atoms with Crippen molar-refractivity contribution >= 4 is 6.29 Å². The second-order valence-electron chi connectivity index (χ2n) is 2.85. The van der Waals surface area contributed by atoms with Gasteiger partial charge in [-0.1, -0.05) is 39.0 Å². The number of hydrogen-bond donors (Lipinski definition) is 0. The normalized spacial score (nSPS) is 12.9.